The Morgan fingerprint density at radius 2 is 1.88 bits per heavy atom. The van der Waals surface area contributed by atoms with Gasteiger partial charge in [0, 0.05) is 25.2 Å². The Labute approximate surface area is 152 Å². The van der Waals surface area contributed by atoms with E-state index in [-0.39, 0.29) is 17.7 Å². The fourth-order valence-corrected chi connectivity index (χ4v) is 3.20. The zero-order valence-electron chi connectivity index (χ0n) is 14.9. The Hall–Kier alpha value is -2.60. The van der Waals surface area contributed by atoms with Crippen LogP contribution in [-0.2, 0) is 4.79 Å². The third-order valence-electron chi connectivity index (χ3n) is 4.51. The smallest absolute Gasteiger partial charge is 0.263 e. The van der Waals surface area contributed by atoms with E-state index in [1.165, 1.54) is 12.1 Å². The van der Waals surface area contributed by atoms with Gasteiger partial charge in [0.25, 0.3) is 5.91 Å². The van der Waals surface area contributed by atoms with Crippen LogP contribution >= 0.6 is 0 Å². The lowest BCUT2D eigenvalue weighted by Crippen LogP contribution is -2.52. The molecule has 0 saturated carbocycles. The second-order valence-electron chi connectivity index (χ2n) is 6.18. The van der Waals surface area contributed by atoms with Gasteiger partial charge >= 0.3 is 0 Å². The van der Waals surface area contributed by atoms with Crippen molar-refractivity contribution in [2.24, 2.45) is 0 Å². The van der Waals surface area contributed by atoms with Crippen molar-refractivity contribution in [3.63, 3.8) is 0 Å². The normalized spacial score (nSPS) is 18.3. The predicted molar refractivity (Wildman–Crippen MR) is 96.8 cm³/mol. The van der Waals surface area contributed by atoms with Crippen LogP contribution in [0.4, 0.5) is 4.39 Å². The van der Waals surface area contributed by atoms with Gasteiger partial charge in [-0.1, -0.05) is 30.3 Å². The maximum Gasteiger partial charge on any atom is 0.263 e. The third-order valence-corrected chi connectivity index (χ3v) is 4.51. The zero-order chi connectivity index (χ0) is 18.5. The summed E-state index contributed by atoms with van der Waals surface area (Å²) in [5.74, 6) is 0.165. The van der Waals surface area contributed by atoms with E-state index < -0.39 is 11.9 Å². The lowest BCUT2D eigenvalue weighted by molar-refractivity contribution is -0.141. The van der Waals surface area contributed by atoms with Crippen molar-refractivity contribution in [2.75, 3.05) is 26.7 Å². The molecular formula is C20H23FN2O3. The van der Waals surface area contributed by atoms with E-state index in [4.69, 9.17) is 9.47 Å². The van der Waals surface area contributed by atoms with Crippen LogP contribution in [0.2, 0.25) is 0 Å². The molecule has 1 saturated heterocycles. The number of amides is 1. The quantitative estimate of drug-likeness (QED) is 0.893. The highest BCUT2D eigenvalue weighted by Crippen LogP contribution is 2.31. The minimum atomic E-state index is -0.790. The van der Waals surface area contributed by atoms with E-state index in [0.717, 1.165) is 11.3 Å². The van der Waals surface area contributed by atoms with Gasteiger partial charge in [0.15, 0.2) is 17.7 Å². The Bertz CT molecular complexity index is 768. The highest BCUT2D eigenvalue weighted by atomic mass is 19.1. The van der Waals surface area contributed by atoms with Crippen molar-refractivity contribution in [3.05, 3.63) is 59.9 Å². The van der Waals surface area contributed by atoms with Crippen molar-refractivity contribution in [2.45, 2.75) is 19.1 Å². The molecule has 1 aliphatic heterocycles. The maximum absolute atomic E-state index is 13.8. The largest absolute Gasteiger partial charge is 0.496 e. The number of para-hydroxylation sites is 2. The molecule has 1 N–H and O–H groups in total. The van der Waals surface area contributed by atoms with Crippen LogP contribution in [0.5, 0.6) is 11.5 Å². The number of halogens is 1. The Morgan fingerprint density at radius 3 is 2.62 bits per heavy atom. The SMILES string of the molecule is COc1ccccc1C1CNCCN1C(=O)C(C)Oc1ccccc1F. The standard InChI is InChI=1S/C20H23FN2O3/c1-14(26-19-10-6-4-8-16(19)21)20(24)23-12-11-22-13-17(23)15-7-3-5-9-18(15)25-2/h3-10,14,17,22H,11-13H2,1-2H3. The Balaban J connectivity index is 1.80. The van der Waals surface area contributed by atoms with Crippen molar-refractivity contribution in [1.29, 1.82) is 0 Å². The fraction of sp³-hybridized carbons (Fsp3) is 0.350. The average molecular weight is 358 g/mol. The Kier molecular flexibility index (Phi) is 5.73. The summed E-state index contributed by atoms with van der Waals surface area (Å²) in [6.07, 6.45) is -0.790. The summed E-state index contributed by atoms with van der Waals surface area (Å²) >= 11 is 0. The van der Waals surface area contributed by atoms with E-state index in [9.17, 15) is 9.18 Å². The van der Waals surface area contributed by atoms with Crippen molar-refractivity contribution < 1.29 is 18.7 Å². The highest BCUT2D eigenvalue weighted by molar-refractivity contribution is 5.81. The molecule has 2 aromatic rings. The van der Waals surface area contributed by atoms with Gasteiger partial charge in [-0.15, -0.1) is 0 Å². The average Bonchev–Trinajstić information content (AvgIpc) is 2.69. The summed E-state index contributed by atoms with van der Waals surface area (Å²) in [5.41, 5.74) is 0.939. The van der Waals surface area contributed by atoms with Crippen LogP contribution in [0.15, 0.2) is 48.5 Å². The van der Waals surface area contributed by atoms with Gasteiger partial charge in [-0.3, -0.25) is 4.79 Å². The van der Waals surface area contributed by atoms with Gasteiger partial charge in [-0.05, 0) is 25.1 Å². The van der Waals surface area contributed by atoms with Crippen molar-refractivity contribution in [3.8, 4) is 11.5 Å². The number of nitrogens with one attached hydrogen (secondary N) is 1. The molecule has 6 heteroatoms. The molecule has 2 aromatic carbocycles. The predicted octanol–water partition coefficient (Wildman–Crippen LogP) is 2.77. The number of carbonyl (C=O) groups is 1. The van der Waals surface area contributed by atoms with E-state index in [0.29, 0.717) is 19.6 Å². The number of rotatable bonds is 5. The lowest BCUT2D eigenvalue weighted by atomic mass is 10.0. The second kappa shape index (κ2) is 8.19. The first-order valence-corrected chi connectivity index (χ1v) is 8.67. The monoisotopic (exact) mass is 358 g/mol. The molecule has 2 unspecified atom stereocenters. The molecule has 0 spiro atoms. The van der Waals surface area contributed by atoms with Crippen LogP contribution in [0.25, 0.3) is 0 Å². The summed E-state index contributed by atoms with van der Waals surface area (Å²) in [6.45, 7) is 3.52. The lowest BCUT2D eigenvalue weighted by Gasteiger charge is -2.38. The van der Waals surface area contributed by atoms with Gasteiger partial charge < -0.3 is 19.7 Å². The molecule has 0 aliphatic carbocycles. The Morgan fingerprint density at radius 1 is 1.19 bits per heavy atom. The number of hydrogen-bond acceptors (Lipinski definition) is 4. The molecular weight excluding hydrogens is 335 g/mol. The van der Waals surface area contributed by atoms with Crippen LogP contribution < -0.4 is 14.8 Å². The molecule has 0 radical (unpaired) electrons. The number of piperazine rings is 1. The third kappa shape index (κ3) is 3.80. The summed E-state index contributed by atoms with van der Waals surface area (Å²) in [7, 11) is 1.62. The van der Waals surface area contributed by atoms with Gasteiger partial charge in [0.2, 0.25) is 0 Å². The van der Waals surface area contributed by atoms with Crippen LogP contribution in [-0.4, -0.2) is 43.7 Å². The molecule has 3 rings (SSSR count). The summed E-state index contributed by atoms with van der Waals surface area (Å²) in [6, 6.07) is 13.6. The number of ether oxygens (including phenoxy) is 2. The minimum absolute atomic E-state index is 0.0809. The molecule has 1 amide bonds. The van der Waals surface area contributed by atoms with E-state index in [1.54, 1.807) is 31.1 Å². The molecule has 138 valence electrons. The molecule has 2 atom stereocenters. The molecule has 1 aliphatic rings. The maximum atomic E-state index is 13.8. The topological polar surface area (TPSA) is 50.8 Å². The second-order valence-corrected chi connectivity index (χ2v) is 6.18. The molecule has 5 nitrogen and oxygen atoms in total. The summed E-state index contributed by atoms with van der Waals surface area (Å²) in [4.78, 5) is 14.8. The summed E-state index contributed by atoms with van der Waals surface area (Å²) < 4.78 is 24.9. The van der Waals surface area contributed by atoms with E-state index in [1.807, 2.05) is 24.3 Å². The van der Waals surface area contributed by atoms with Crippen LogP contribution in [0, 0.1) is 5.82 Å². The molecule has 1 heterocycles. The number of hydrogen-bond donors (Lipinski definition) is 1. The minimum Gasteiger partial charge on any atom is -0.496 e. The van der Waals surface area contributed by atoms with Crippen molar-refractivity contribution >= 4 is 5.91 Å². The first-order chi connectivity index (χ1) is 12.6. The number of carbonyl (C=O) groups excluding carboxylic acids is 1. The van der Waals surface area contributed by atoms with Gasteiger partial charge in [0.05, 0.1) is 13.2 Å². The fourth-order valence-electron chi connectivity index (χ4n) is 3.20. The first-order valence-electron chi connectivity index (χ1n) is 8.67. The number of nitrogens with zero attached hydrogens (tertiary/aromatic N) is 1. The number of methoxy groups -OCH3 is 1. The highest BCUT2D eigenvalue weighted by Gasteiger charge is 2.33. The number of benzene rings is 2. The zero-order valence-corrected chi connectivity index (χ0v) is 14.9. The molecule has 0 bridgehead atoms. The molecule has 1 fully saturated rings. The van der Waals surface area contributed by atoms with Gasteiger partial charge in [0.1, 0.15) is 5.75 Å². The van der Waals surface area contributed by atoms with Gasteiger partial charge in [-0.25, -0.2) is 4.39 Å². The van der Waals surface area contributed by atoms with Gasteiger partial charge in [-0.2, -0.15) is 0 Å². The van der Waals surface area contributed by atoms with Crippen LogP contribution in [0.3, 0.4) is 0 Å². The van der Waals surface area contributed by atoms with Crippen LogP contribution in [0.1, 0.15) is 18.5 Å². The first kappa shape index (κ1) is 18.2. The summed E-state index contributed by atoms with van der Waals surface area (Å²) in [5, 5.41) is 3.32. The van der Waals surface area contributed by atoms with Crippen molar-refractivity contribution in [1.82, 2.24) is 10.2 Å². The molecule has 26 heavy (non-hydrogen) atoms. The molecule has 0 aromatic heterocycles. The van der Waals surface area contributed by atoms with E-state index >= 15 is 0 Å². The van der Waals surface area contributed by atoms with E-state index in [2.05, 4.69) is 5.32 Å².